The molecular weight excluding hydrogens is 264 g/mol. The van der Waals surface area contributed by atoms with Crippen molar-refractivity contribution < 1.29 is 0 Å². The molecule has 21 heavy (non-hydrogen) atoms. The Labute approximate surface area is 120 Å². The number of nitriles is 1. The number of aromatic amines is 1. The van der Waals surface area contributed by atoms with Gasteiger partial charge in [-0.15, -0.1) is 0 Å². The molecule has 0 saturated carbocycles. The van der Waals surface area contributed by atoms with Crippen molar-refractivity contribution in [3.05, 3.63) is 70.5 Å². The number of allylic oxidation sites excluding steroid dienone is 1. The van der Waals surface area contributed by atoms with Crippen LogP contribution >= 0.6 is 0 Å². The summed E-state index contributed by atoms with van der Waals surface area (Å²) in [4.78, 5) is 23.0. The van der Waals surface area contributed by atoms with Crippen LogP contribution in [0.5, 0.6) is 0 Å². The van der Waals surface area contributed by atoms with E-state index in [0.717, 1.165) is 5.56 Å². The van der Waals surface area contributed by atoms with Crippen molar-refractivity contribution in [2.45, 2.75) is 0 Å². The number of aromatic nitrogens is 3. The van der Waals surface area contributed by atoms with Crippen molar-refractivity contribution in [1.29, 1.82) is 5.26 Å². The molecular formula is C16H10N4O. The first-order valence-electron chi connectivity index (χ1n) is 6.29. The number of pyridine rings is 1. The lowest BCUT2D eigenvalue weighted by atomic mass is 10.1. The molecule has 100 valence electrons. The molecule has 1 N–H and O–H groups in total. The average Bonchev–Trinajstić information content (AvgIpc) is 2.53. The predicted octanol–water partition coefficient (Wildman–Crippen LogP) is 2.38. The summed E-state index contributed by atoms with van der Waals surface area (Å²) in [6.07, 6.45) is 4.93. The number of nitrogens with one attached hydrogen (secondary N) is 1. The SMILES string of the molecule is N#C/C(=C\c1cccnc1)c1nc2ccccc2c(=O)[nH]1. The minimum absolute atomic E-state index is 0.255. The molecule has 0 atom stereocenters. The summed E-state index contributed by atoms with van der Waals surface area (Å²) < 4.78 is 0. The van der Waals surface area contributed by atoms with Gasteiger partial charge in [0.05, 0.1) is 16.5 Å². The van der Waals surface area contributed by atoms with Gasteiger partial charge in [-0.3, -0.25) is 9.78 Å². The van der Waals surface area contributed by atoms with E-state index in [1.165, 1.54) is 0 Å². The summed E-state index contributed by atoms with van der Waals surface area (Å²) >= 11 is 0. The fourth-order valence-corrected chi connectivity index (χ4v) is 2.00. The Morgan fingerprint density at radius 3 is 2.86 bits per heavy atom. The maximum atomic E-state index is 12.0. The smallest absolute Gasteiger partial charge is 0.259 e. The number of benzene rings is 1. The van der Waals surface area contributed by atoms with Crippen molar-refractivity contribution in [1.82, 2.24) is 15.0 Å². The zero-order chi connectivity index (χ0) is 14.7. The van der Waals surface area contributed by atoms with Gasteiger partial charge in [0.1, 0.15) is 6.07 Å². The number of H-pyrrole nitrogens is 1. The predicted molar refractivity (Wildman–Crippen MR) is 80.1 cm³/mol. The molecule has 2 heterocycles. The largest absolute Gasteiger partial charge is 0.305 e. The zero-order valence-electron chi connectivity index (χ0n) is 10.9. The van der Waals surface area contributed by atoms with Gasteiger partial charge < -0.3 is 4.98 Å². The quantitative estimate of drug-likeness (QED) is 0.727. The Hall–Kier alpha value is -3.26. The molecule has 0 fully saturated rings. The fourth-order valence-electron chi connectivity index (χ4n) is 2.00. The van der Waals surface area contributed by atoms with E-state index in [-0.39, 0.29) is 17.0 Å². The second kappa shape index (κ2) is 5.39. The Kier molecular flexibility index (Phi) is 3.27. The third-order valence-electron chi connectivity index (χ3n) is 2.98. The van der Waals surface area contributed by atoms with Crippen LogP contribution in [0.2, 0.25) is 0 Å². The van der Waals surface area contributed by atoms with E-state index in [1.807, 2.05) is 6.07 Å². The maximum Gasteiger partial charge on any atom is 0.259 e. The lowest BCUT2D eigenvalue weighted by molar-refractivity contribution is 1.13. The molecule has 0 aliphatic carbocycles. The van der Waals surface area contributed by atoms with Crippen LogP contribution in [0.1, 0.15) is 11.4 Å². The molecule has 0 bridgehead atoms. The van der Waals surface area contributed by atoms with Crippen molar-refractivity contribution in [2.24, 2.45) is 0 Å². The van der Waals surface area contributed by atoms with E-state index in [2.05, 4.69) is 21.0 Å². The second-order valence-corrected chi connectivity index (χ2v) is 4.39. The maximum absolute atomic E-state index is 12.0. The fraction of sp³-hybridized carbons (Fsp3) is 0. The van der Waals surface area contributed by atoms with Crippen LogP contribution in [0.3, 0.4) is 0 Å². The lowest BCUT2D eigenvalue weighted by Gasteiger charge is -2.01. The van der Waals surface area contributed by atoms with E-state index in [0.29, 0.717) is 10.9 Å². The number of hydrogen-bond donors (Lipinski definition) is 1. The summed E-state index contributed by atoms with van der Waals surface area (Å²) in [7, 11) is 0. The molecule has 5 nitrogen and oxygen atoms in total. The molecule has 0 spiro atoms. The molecule has 1 aromatic carbocycles. The van der Waals surface area contributed by atoms with Crippen LogP contribution in [-0.4, -0.2) is 15.0 Å². The highest BCUT2D eigenvalue weighted by Gasteiger charge is 2.07. The van der Waals surface area contributed by atoms with Gasteiger partial charge in [-0.2, -0.15) is 5.26 Å². The van der Waals surface area contributed by atoms with Crippen LogP contribution < -0.4 is 5.56 Å². The van der Waals surface area contributed by atoms with Crippen molar-refractivity contribution in [3.63, 3.8) is 0 Å². The summed E-state index contributed by atoms with van der Waals surface area (Å²) in [6, 6.07) is 12.7. The molecule has 0 aliphatic heterocycles. The summed E-state index contributed by atoms with van der Waals surface area (Å²) in [5.74, 6) is 0.255. The monoisotopic (exact) mass is 274 g/mol. The summed E-state index contributed by atoms with van der Waals surface area (Å²) in [6.45, 7) is 0. The van der Waals surface area contributed by atoms with Gasteiger partial charge in [0.15, 0.2) is 5.82 Å². The number of para-hydroxylation sites is 1. The number of rotatable bonds is 2. The molecule has 3 aromatic rings. The summed E-state index contributed by atoms with van der Waals surface area (Å²) in [5, 5.41) is 9.80. The number of nitrogens with zero attached hydrogens (tertiary/aromatic N) is 3. The molecule has 0 amide bonds. The van der Waals surface area contributed by atoms with Crippen molar-refractivity contribution >= 4 is 22.6 Å². The Morgan fingerprint density at radius 2 is 2.10 bits per heavy atom. The highest BCUT2D eigenvalue weighted by molar-refractivity contribution is 5.88. The summed E-state index contributed by atoms with van der Waals surface area (Å²) in [5.41, 5.74) is 1.35. The topological polar surface area (TPSA) is 82.4 Å². The normalized spacial score (nSPS) is 11.3. The zero-order valence-corrected chi connectivity index (χ0v) is 10.9. The Bertz CT molecular complexity index is 920. The minimum Gasteiger partial charge on any atom is -0.305 e. The molecule has 2 aromatic heterocycles. The first-order chi connectivity index (χ1) is 10.3. The molecule has 0 saturated heterocycles. The van der Waals surface area contributed by atoms with Gasteiger partial charge >= 0.3 is 0 Å². The van der Waals surface area contributed by atoms with Gasteiger partial charge in [-0.1, -0.05) is 18.2 Å². The first kappa shape index (κ1) is 12.8. The first-order valence-corrected chi connectivity index (χ1v) is 6.29. The number of fused-ring (bicyclic) bond motifs is 1. The number of hydrogen-bond acceptors (Lipinski definition) is 4. The van der Waals surface area contributed by atoms with E-state index in [1.54, 1.807) is 48.8 Å². The average molecular weight is 274 g/mol. The van der Waals surface area contributed by atoms with Crippen LogP contribution in [0, 0.1) is 11.3 Å². The lowest BCUT2D eigenvalue weighted by Crippen LogP contribution is -2.11. The van der Waals surface area contributed by atoms with Crippen LogP contribution in [0.25, 0.3) is 22.6 Å². The van der Waals surface area contributed by atoms with Crippen LogP contribution in [-0.2, 0) is 0 Å². The van der Waals surface area contributed by atoms with Crippen molar-refractivity contribution in [3.8, 4) is 6.07 Å². The van der Waals surface area contributed by atoms with E-state index >= 15 is 0 Å². The third-order valence-corrected chi connectivity index (χ3v) is 2.98. The van der Waals surface area contributed by atoms with E-state index < -0.39 is 0 Å². The third kappa shape index (κ3) is 2.55. The van der Waals surface area contributed by atoms with Crippen LogP contribution in [0.4, 0.5) is 0 Å². The van der Waals surface area contributed by atoms with Crippen LogP contribution in [0.15, 0.2) is 53.6 Å². The Balaban J connectivity index is 2.17. The molecule has 0 radical (unpaired) electrons. The van der Waals surface area contributed by atoms with E-state index in [9.17, 15) is 10.1 Å². The highest BCUT2D eigenvalue weighted by atomic mass is 16.1. The second-order valence-electron chi connectivity index (χ2n) is 4.39. The molecule has 3 rings (SSSR count). The van der Waals surface area contributed by atoms with E-state index in [4.69, 9.17) is 0 Å². The molecule has 5 heteroatoms. The standard InChI is InChI=1S/C16H10N4O/c17-9-12(8-11-4-3-7-18-10-11)15-19-14-6-2-1-5-13(14)16(21)20-15/h1-8,10H,(H,19,20,21)/b12-8+. The minimum atomic E-state index is -0.261. The highest BCUT2D eigenvalue weighted by Crippen LogP contribution is 2.15. The van der Waals surface area contributed by atoms with Gasteiger partial charge in [-0.25, -0.2) is 4.98 Å². The molecule has 0 aliphatic rings. The van der Waals surface area contributed by atoms with Crippen molar-refractivity contribution in [2.75, 3.05) is 0 Å². The van der Waals surface area contributed by atoms with Gasteiger partial charge in [0, 0.05) is 12.4 Å². The molecule has 0 unspecified atom stereocenters. The van der Waals surface area contributed by atoms with Gasteiger partial charge in [-0.05, 0) is 29.8 Å². The van der Waals surface area contributed by atoms with Gasteiger partial charge in [0.2, 0.25) is 0 Å². The van der Waals surface area contributed by atoms with Gasteiger partial charge in [0.25, 0.3) is 5.56 Å². The Morgan fingerprint density at radius 1 is 1.24 bits per heavy atom.